The molecule has 1 fully saturated rings. The lowest BCUT2D eigenvalue weighted by Gasteiger charge is -2.34. The lowest BCUT2D eigenvalue weighted by Crippen LogP contribution is -2.48. The molecule has 3 heterocycles. The Bertz CT molecular complexity index is 2070. The van der Waals surface area contributed by atoms with Crippen molar-refractivity contribution in [2.75, 3.05) is 26.2 Å². The molecule has 0 atom stereocenters. The smallest absolute Gasteiger partial charge is 0.417 e. The van der Waals surface area contributed by atoms with Gasteiger partial charge in [-0.05, 0) is 72.6 Å². The SMILES string of the molecule is Cc1c(C(N)=O)ccc(C(F)(F)F)c1-c1cccnc1Oc1cccc2c1cc(C(=O)N1CCN(Cc3ccc(C#N)cc3)CC1)n2C. The van der Waals surface area contributed by atoms with Crippen LogP contribution in [-0.2, 0) is 19.8 Å². The molecule has 0 aliphatic carbocycles. The fourth-order valence-electron chi connectivity index (χ4n) is 6.17. The van der Waals surface area contributed by atoms with Gasteiger partial charge in [0, 0.05) is 68.0 Å². The number of benzene rings is 3. The van der Waals surface area contributed by atoms with Gasteiger partial charge in [-0.1, -0.05) is 18.2 Å². The van der Waals surface area contributed by atoms with Crippen molar-refractivity contribution in [2.45, 2.75) is 19.6 Å². The van der Waals surface area contributed by atoms with Crippen LogP contribution < -0.4 is 10.5 Å². The average Bonchev–Trinajstić information content (AvgIpc) is 3.41. The molecule has 244 valence electrons. The van der Waals surface area contributed by atoms with E-state index in [2.05, 4.69) is 16.0 Å². The summed E-state index contributed by atoms with van der Waals surface area (Å²) in [6.45, 7) is 4.55. The first-order valence-corrected chi connectivity index (χ1v) is 15.2. The summed E-state index contributed by atoms with van der Waals surface area (Å²) < 4.78 is 50.6. The number of nitrogens with zero attached hydrogens (tertiary/aromatic N) is 5. The standard InChI is InChI=1S/C36H31F3N6O3/c1-22-25(33(41)46)12-13-28(36(37,38)39)32(22)26-5-4-14-42-34(26)48-31-7-3-6-29-27(31)19-30(43(29)2)35(47)45-17-15-44(16-18-45)21-24-10-8-23(20-40)9-11-24/h3-14,19H,15-18,21H2,1-2H3,(H2,41,46). The number of nitrogens with two attached hydrogens (primary N) is 1. The van der Waals surface area contributed by atoms with Crippen LogP contribution in [0, 0.1) is 18.3 Å². The van der Waals surface area contributed by atoms with Crippen LogP contribution in [0.4, 0.5) is 13.2 Å². The van der Waals surface area contributed by atoms with Crippen LogP contribution in [0.5, 0.6) is 11.6 Å². The number of nitriles is 1. The molecule has 1 aliphatic rings. The summed E-state index contributed by atoms with van der Waals surface area (Å²) in [4.78, 5) is 34.1. The number of carbonyl (C=O) groups is 2. The third-order valence-electron chi connectivity index (χ3n) is 8.70. The van der Waals surface area contributed by atoms with Crippen molar-refractivity contribution < 1.29 is 27.5 Å². The number of carbonyl (C=O) groups excluding carboxylic acids is 2. The normalized spacial score (nSPS) is 13.8. The summed E-state index contributed by atoms with van der Waals surface area (Å²) >= 11 is 0. The van der Waals surface area contributed by atoms with Crippen molar-refractivity contribution in [1.29, 1.82) is 5.26 Å². The van der Waals surface area contributed by atoms with E-state index in [0.717, 1.165) is 24.2 Å². The molecule has 9 nitrogen and oxygen atoms in total. The lowest BCUT2D eigenvalue weighted by molar-refractivity contribution is -0.137. The molecule has 0 spiro atoms. The van der Waals surface area contributed by atoms with Crippen molar-refractivity contribution in [3.05, 3.63) is 113 Å². The van der Waals surface area contributed by atoms with Gasteiger partial charge < -0.3 is 19.9 Å². The van der Waals surface area contributed by atoms with E-state index in [1.807, 2.05) is 18.2 Å². The maximum absolute atomic E-state index is 14.2. The Morgan fingerprint density at radius 3 is 2.40 bits per heavy atom. The minimum Gasteiger partial charge on any atom is -0.438 e. The monoisotopic (exact) mass is 652 g/mol. The number of hydrogen-bond donors (Lipinski definition) is 1. The predicted molar refractivity (Wildman–Crippen MR) is 173 cm³/mol. The molecule has 12 heteroatoms. The van der Waals surface area contributed by atoms with Crippen LogP contribution >= 0.6 is 0 Å². The number of piperazine rings is 1. The van der Waals surface area contributed by atoms with E-state index >= 15 is 0 Å². The Morgan fingerprint density at radius 2 is 1.73 bits per heavy atom. The maximum atomic E-state index is 14.2. The van der Waals surface area contributed by atoms with Crippen LogP contribution in [0.15, 0.2) is 79.0 Å². The zero-order chi connectivity index (χ0) is 34.2. The van der Waals surface area contributed by atoms with Gasteiger partial charge in [0.1, 0.15) is 11.4 Å². The highest BCUT2D eigenvalue weighted by molar-refractivity contribution is 6.01. The van der Waals surface area contributed by atoms with E-state index in [1.54, 1.807) is 46.8 Å². The summed E-state index contributed by atoms with van der Waals surface area (Å²) in [5.74, 6) is -0.806. The fourth-order valence-corrected chi connectivity index (χ4v) is 6.17. The largest absolute Gasteiger partial charge is 0.438 e. The number of halogens is 3. The molecule has 1 aliphatic heterocycles. The van der Waals surface area contributed by atoms with Gasteiger partial charge in [0.15, 0.2) is 0 Å². The first-order chi connectivity index (χ1) is 23.0. The summed E-state index contributed by atoms with van der Waals surface area (Å²) in [6.07, 6.45) is -3.33. The number of aromatic nitrogens is 2. The maximum Gasteiger partial charge on any atom is 0.417 e. The third kappa shape index (κ3) is 6.20. The Balaban J connectivity index is 1.27. The van der Waals surface area contributed by atoms with Crippen molar-refractivity contribution in [3.63, 3.8) is 0 Å². The molecule has 0 saturated carbocycles. The van der Waals surface area contributed by atoms with Gasteiger partial charge in [0.2, 0.25) is 11.8 Å². The molecular formula is C36H31F3N6O3. The highest BCUT2D eigenvalue weighted by Gasteiger charge is 2.36. The zero-order valence-electron chi connectivity index (χ0n) is 26.2. The molecule has 3 aromatic carbocycles. The van der Waals surface area contributed by atoms with E-state index in [-0.39, 0.29) is 34.0 Å². The second-order valence-corrected chi connectivity index (χ2v) is 11.6. The first kappa shape index (κ1) is 32.3. The number of rotatable bonds is 7. The fraction of sp³-hybridized carbons (Fsp3) is 0.222. The topological polar surface area (TPSA) is 117 Å². The number of alkyl halides is 3. The average molecular weight is 653 g/mol. The minimum atomic E-state index is -4.73. The number of ether oxygens (including phenoxy) is 1. The van der Waals surface area contributed by atoms with Gasteiger partial charge in [0.05, 0.1) is 22.7 Å². The summed E-state index contributed by atoms with van der Waals surface area (Å²) in [7, 11) is 1.78. The van der Waals surface area contributed by atoms with E-state index in [1.165, 1.54) is 25.3 Å². The van der Waals surface area contributed by atoms with Crippen molar-refractivity contribution >= 4 is 22.7 Å². The van der Waals surface area contributed by atoms with Crippen molar-refractivity contribution in [3.8, 4) is 28.8 Å². The molecule has 0 radical (unpaired) electrons. The van der Waals surface area contributed by atoms with Gasteiger partial charge in [-0.2, -0.15) is 18.4 Å². The van der Waals surface area contributed by atoms with Crippen LogP contribution in [0.25, 0.3) is 22.0 Å². The molecule has 0 unspecified atom stereocenters. The van der Waals surface area contributed by atoms with Crippen LogP contribution in [0.1, 0.15) is 43.1 Å². The van der Waals surface area contributed by atoms with Gasteiger partial charge in [-0.25, -0.2) is 4.98 Å². The Kier molecular flexibility index (Phi) is 8.64. The third-order valence-corrected chi connectivity index (χ3v) is 8.70. The predicted octanol–water partition coefficient (Wildman–Crippen LogP) is 6.29. The minimum absolute atomic E-state index is 0.0357. The Hall–Kier alpha value is -5.67. The van der Waals surface area contributed by atoms with Gasteiger partial charge in [-0.15, -0.1) is 0 Å². The van der Waals surface area contributed by atoms with Crippen molar-refractivity contribution in [2.24, 2.45) is 12.8 Å². The highest BCUT2D eigenvalue weighted by Crippen LogP contribution is 2.44. The lowest BCUT2D eigenvalue weighted by atomic mass is 9.91. The van der Waals surface area contributed by atoms with Crippen LogP contribution in [0.3, 0.4) is 0 Å². The second-order valence-electron chi connectivity index (χ2n) is 11.6. The number of amides is 2. The first-order valence-electron chi connectivity index (χ1n) is 15.2. The van der Waals surface area contributed by atoms with Gasteiger partial charge in [-0.3, -0.25) is 14.5 Å². The summed E-state index contributed by atoms with van der Waals surface area (Å²) in [5, 5.41) is 9.62. The highest BCUT2D eigenvalue weighted by atomic mass is 19.4. The van der Waals surface area contributed by atoms with Crippen LogP contribution in [-0.4, -0.2) is 57.3 Å². The molecular weight excluding hydrogens is 621 g/mol. The number of hydrogen-bond acceptors (Lipinski definition) is 6. The van der Waals surface area contributed by atoms with Gasteiger partial charge in [0.25, 0.3) is 5.91 Å². The molecule has 6 rings (SSSR count). The molecule has 2 amide bonds. The Morgan fingerprint density at radius 1 is 1.00 bits per heavy atom. The zero-order valence-corrected chi connectivity index (χ0v) is 26.2. The number of pyridine rings is 1. The molecule has 1 saturated heterocycles. The van der Waals surface area contributed by atoms with E-state index in [4.69, 9.17) is 15.7 Å². The van der Waals surface area contributed by atoms with E-state index < -0.39 is 17.6 Å². The van der Waals surface area contributed by atoms with Crippen LogP contribution in [0.2, 0.25) is 0 Å². The molecule has 2 N–H and O–H groups in total. The molecule has 2 aromatic heterocycles. The summed E-state index contributed by atoms with van der Waals surface area (Å²) in [5.41, 5.74) is 7.14. The number of fused-ring (bicyclic) bond motifs is 1. The van der Waals surface area contributed by atoms with Gasteiger partial charge >= 0.3 is 6.18 Å². The Labute approximate surface area is 274 Å². The summed E-state index contributed by atoms with van der Waals surface area (Å²) in [6, 6.07) is 21.4. The molecule has 48 heavy (non-hydrogen) atoms. The number of aryl methyl sites for hydroxylation is 1. The number of primary amides is 1. The molecule has 5 aromatic rings. The second kappa shape index (κ2) is 12.8. The van der Waals surface area contributed by atoms with Crippen molar-refractivity contribution in [1.82, 2.24) is 19.4 Å². The van der Waals surface area contributed by atoms with E-state index in [9.17, 15) is 22.8 Å². The van der Waals surface area contributed by atoms with E-state index in [0.29, 0.717) is 54.1 Å². The molecule has 0 bridgehead atoms. The quantitative estimate of drug-likeness (QED) is 0.221.